The van der Waals surface area contributed by atoms with E-state index in [1.54, 1.807) is 0 Å². The number of nitrogens with two attached hydrogens (primary N) is 1. The highest BCUT2D eigenvalue weighted by molar-refractivity contribution is 6.31. The van der Waals surface area contributed by atoms with Crippen LogP contribution < -0.4 is 5.73 Å². The van der Waals surface area contributed by atoms with E-state index in [2.05, 4.69) is 12.1 Å². The molecule has 0 heterocycles. The van der Waals surface area contributed by atoms with Crippen molar-refractivity contribution < 1.29 is 0 Å². The van der Waals surface area contributed by atoms with Crippen molar-refractivity contribution in [2.75, 3.05) is 6.54 Å². The monoisotopic (exact) mass is 223 g/mol. The van der Waals surface area contributed by atoms with Crippen LogP contribution in [0.3, 0.4) is 0 Å². The molecule has 2 heteroatoms. The molecule has 1 saturated carbocycles. The normalized spacial score (nSPS) is 26.5. The Labute approximate surface area is 96.6 Å². The van der Waals surface area contributed by atoms with Crippen LogP contribution in [0.2, 0.25) is 5.02 Å². The summed E-state index contributed by atoms with van der Waals surface area (Å²) in [5, 5.41) is 0.905. The molecule has 0 saturated heterocycles. The minimum absolute atomic E-state index is 0.581. The molecule has 1 aliphatic rings. The second-order valence-corrected chi connectivity index (χ2v) is 4.82. The number of halogens is 1. The molecule has 1 nitrogen and oxygen atoms in total. The zero-order valence-electron chi connectivity index (χ0n) is 8.95. The average Bonchev–Trinajstić information content (AvgIpc) is 2.30. The summed E-state index contributed by atoms with van der Waals surface area (Å²) in [6.45, 7) is 0.788. The third-order valence-corrected chi connectivity index (χ3v) is 3.86. The molecule has 0 aliphatic heterocycles. The highest BCUT2D eigenvalue weighted by Gasteiger charge is 2.26. The lowest BCUT2D eigenvalue weighted by Crippen LogP contribution is -2.25. The lowest BCUT2D eigenvalue weighted by Gasteiger charge is -2.31. The molecule has 0 spiro atoms. The Bertz CT molecular complexity index is 324. The first-order chi connectivity index (χ1) is 7.33. The van der Waals surface area contributed by atoms with Gasteiger partial charge in [0.05, 0.1) is 0 Å². The fraction of sp³-hybridized carbons (Fsp3) is 0.538. The van der Waals surface area contributed by atoms with E-state index in [1.807, 2.05) is 12.1 Å². The van der Waals surface area contributed by atoms with Crippen molar-refractivity contribution in [3.8, 4) is 0 Å². The van der Waals surface area contributed by atoms with Gasteiger partial charge in [-0.1, -0.05) is 42.6 Å². The molecule has 2 atom stereocenters. The minimum Gasteiger partial charge on any atom is -0.330 e. The molecule has 82 valence electrons. The summed E-state index contributed by atoms with van der Waals surface area (Å²) in [7, 11) is 0. The molecule has 1 aromatic carbocycles. The first-order valence-corrected chi connectivity index (χ1v) is 6.15. The van der Waals surface area contributed by atoms with Gasteiger partial charge in [-0.3, -0.25) is 0 Å². The van der Waals surface area contributed by atoms with E-state index in [1.165, 1.54) is 31.2 Å². The second-order valence-electron chi connectivity index (χ2n) is 4.41. The maximum absolute atomic E-state index is 6.24. The molecule has 1 aromatic rings. The first-order valence-electron chi connectivity index (χ1n) is 5.77. The van der Waals surface area contributed by atoms with E-state index in [9.17, 15) is 0 Å². The van der Waals surface area contributed by atoms with Crippen molar-refractivity contribution in [1.29, 1.82) is 0 Å². The van der Waals surface area contributed by atoms with Crippen LogP contribution in [0.4, 0.5) is 0 Å². The molecular weight excluding hydrogens is 206 g/mol. The molecule has 0 radical (unpaired) electrons. The maximum atomic E-state index is 6.24. The van der Waals surface area contributed by atoms with Gasteiger partial charge in [0.25, 0.3) is 0 Å². The lowest BCUT2D eigenvalue weighted by molar-refractivity contribution is 0.314. The van der Waals surface area contributed by atoms with Gasteiger partial charge in [0.2, 0.25) is 0 Å². The van der Waals surface area contributed by atoms with E-state index in [-0.39, 0.29) is 0 Å². The van der Waals surface area contributed by atoms with Gasteiger partial charge in [-0.15, -0.1) is 0 Å². The molecule has 15 heavy (non-hydrogen) atoms. The van der Waals surface area contributed by atoms with Crippen LogP contribution in [-0.4, -0.2) is 6.54 Å². The maximum Gasteiger partial charge on any atom is 0.0440 e. The Hall–Kier alpha value is -0.530. The van der Waals surface area contributed by atoms with Gasteiger partial charge in [-0.05, 0) is 42.9 Å². The number of benzene rings is 1. The summed E-state index contributed by atoms with van der Waals surface area (Å²) in [5.41, 5.74) is 7.14. The number of hydrogen-bond donors (Lipinski definition) is 1. The molecule has 2 rings (SSSR count). The van der Waals surface area contributed by atoms with Crippen LogP contribution in [0.15, 0.2) is 24.3 Å². The van der Waals surface area contributed by atoms with Crippen molar-refractivity contribution in [1.82, 2.24) is 0 Å². The predicted octanol–water partition coefficient (Wildman–Crippen LogP) is 3.57. The van der Waals surface area contributed by atoms with Gasteiger partial charge in [0.1, 0.15) is 0 Å². The van der Waals surface area contributed by atoms with E-state index in [0.29, 0.717) is 11.8 Å². The molecule has 0 aromatic heterocycles. The Morgan fingerprint density at radius 1 is 1.20 bits per heavy atom. The van der Waals surface area contributed by atoms with Crippen LogP contribution in [0.1, 0.15) is 37.2 Å². The van der Waals surface area contributed by atoms with E-state index >= 15 is 0 Å². The van der Waals surface area contributed by atoms with Crippen molar-refractivity contribution in [2.45, 2.75) is 31.6 Å². The molecular formula is C13H18ClN. The minimum atomic E-state index is 0.581. The average molecular weight is 224 g/mol. The largest absolute Gasteiger partial charge is 0.330 e. The van der Waals surface area contributed by atoms with E-state index < -0.39 is 0 Å². The fourth-order valence-corrected chi connectivity index (χ4v) is 2.95. The third kappa shape index (κ3) is 2.35. The van der Waals surface area contributed by atoms with Crippen molar-refractivity contribution in [3.05, 3.63) is 34.9 Å². The summed E-state index contributed by atoms with van der Waals surface area (Å²) >= 11 is 6.24. The highest BCUT2D eigenvalue weighted by Crippen LogP contribution is 2.39. The summed E-state index contributed by atoms with van der Waals surface area (Å²) in [6, 6.07) is 8.20. The lowest BCUT2D eigenvalue weighted by atomic mass is 9.75. The zero-order valence-corrected chi connectivity index (χ0v) is 9.71. The second kappa shape index (κ2) is 5.00. The van der Waals surface area contributed by atoms with Gasteiger partial charge in [-0.2, -0.15) is 0 Å². The van der Waals surface area contributed by atoms with Crippen molar-refractivity contribution in [2.24, 2.45) is 11.7 Å². The van der Waals surface area contributed by atoms with Crippen molar-refractivity contribution >= 4 is 11.6 Å². The highest BCUT2D eigenvalue weighted by atomic mass is 35.5. The van der Waals surface area contributed by atoms with Crippen LogP contribution in [-0.2, 0) is 0 Å². The Morgan fingerprint density at radius 2 is 1.93 bits per heavy atom. The SMILES string of the molecule is NCC1CCCCC1c1ccccc1Cl. The Balaban J connectivity index is 2.24. The molecule has 2 N–H and O–H groups in total. The first kappa shape index (κ1) is 11.0. The van der Waals surface area contributed by atoms with Crippen molar-refractivity contribution in [3.63, 3.8) is 0 Å². The van der Waals surface area contributed by atoms with Crippen LogP contribution in [0, 0.1) is 5.92 Å². The summed E-state index contributed by atoms with van der Waals surface area (Å²) in [6.07, 6.45) is 5.13. The third-order valence-electron chi connectivity index (χ3n) is 3.52. The Morgan fingerprint density at radius 3 is 2.67 bits per heavy atom. The topological polar surface area (TPSA) is 26.0 Å². The standard InChI is InChI=1S/C13H18ClN/c14-13-8-4-3-7-12(13)11-6-2-1-5-10(11)9-15/h3-4,7-8,10-11H,1-2,5-6,9,15H2. The van der Waals surface area contributed by atoms with Gasteiger partial charge in [-0.25, -0.2) is 0 Å². The Kier molecular flexibility index (Phi) is 3.66. The van der Waals surface area contributed by atoms with Gasteiger partial charge in [0.15, 0.2) is 0 Å². The smallest absolute Gasteiger partial charge is 0.0440 e. The molecule has 1 fully saturated rings. The molecule has 0 bridgehead atoms. The van der Waals surface area contributed by atoms with Gasteiger partial charge >= 0.3 is 0 Å². The summed E-state index contributed by atoms with van der Waals surface area (Å²) in [5.74, 6) is 1.20. The summed E-state index contributed by atoms with van der Waals surface area (Å²) in [4.78, 5) is 0. The predicted molar refractivity (Wildman–Crippen MR) is 65.2 cm³/mol. The zero-order chi connectivity index (χ0) is 10.7. The quantitative estimate of drug-likeness (QED) is 0.815. The molecule has 0 amide bonds. The van der Waals surface area contributed by atoms with Crippen LogP contribution >= 0.6 is 11.6 Å². The van der Waals surface area contributed by atoms with Crippen LogP contribution in [0.25, 0.3) is 0 Å². The number of rotatable bonds is 2. The van der Waals surface area contributed by atoms with Crippen LogP contribution in [0.5, 0.6) is 0 Å². The number of hydrogen-bond acceptors (Lipinski definition) is 1. The van der Waals surface area contributed by atoms with E-state index in [0.717, 1.165) is 11.6 Å². The molecule has 1 aliphatic carbocycles. The summed E-state index contributed by atoms with van der Waals surface area (Å²) < 4.78 is 0. The van der Waals surface area contributed by atoms with E-state index in [4.69, 9.17) is 17.3 Å². The van der Waals surface area contributed by atoms with Gasteiger partial charge < -0.3 is 5.73 Å². The molecule has 2 unspecified atom stereocenters. The fourth-order valence-electron chi connectivity index (χ4n) is 2.68. The van der Waals surface area contributed by atoms with Gasteiger partial charge in [0, 0.05) is 5.02 Å².